The predicted molar refractivity (Wildman–Crippen MR) is 87.7 cm³/mol. The third kappa shape index (κ3) is 2.63. The van der Waals surface area contributed by atoms with Crippen LogP contribution in [0.2, 0.25) is 0 Å². The lowest BCUT2D eigenvalue weighted by Gasteiger charge is -2.21. The van der Waals surface area contributed by atoms with Gasteiger partial charge in [-0.05, 0) is 25.0 Å². The van der Waals surface area contributed by atoms with Crippen LogP contribution in [0.3, 0.4) is 0 Å². The minimum Gasteiger partial charge on any atom is -0.490 e. The van der Waals surface area contributed by atoms with E-state index in [1.54, 1.807) is 6.07 Å². The molecular formula is C16H15NO5S2. The topological polar surface area (TPSA) is 86.5 Å². The molecule has 2 heterocycles. The monoisotopic (exact) mass is 365 g/mol. The molecule has 0 saturated heterocycles. The Balaban J connectivity index is 1.84. The number of nitrogens with zero attached hydrogens (tertiary/aromatic N) is 1. The van der Waals surface area contributed by atoms with Gasteiger partial charge in [-0.1, -0.05) is 5.16 Å². The molecule has 126 valence electrons. The van der Waals surface area contributed by atoms with Crippen LogP contribution in [0.5, 0.6) is 5.75 Å². The van der Waals surface area contributed by atoms with E-state index in [0.717, 1.165) is 19.1 Å². The number of aromatic nitrogens is 1. The van der Waals surface area contributed by atoms with Crippen LogP contribution < -0.4 is 4.74 Å². The Morgan fingerprint density at radius 2 is 2.08 bits per heavy atom. The molecule has 0 spiro atoms. The van der Waals surface area contributed by atoms with E-state index in [0.29, 0.717) is 34.1 Å². The zero-order chi connectivity index (χ0) is 16.9. The lowest BCUT2D eigenvalue weighted by molar-refractivity contribution is 0.103. The third-order valence-electron chi connectivity index (χ3n) is 4.09. The lowest BCUT2D eigenvalue weighted by Crippen LogP contribution is -2.15. The number of carbonyl (C=O) groups excluding carboxylic acids is 1. The van der Waals surface area contributed by atoms with Gasteiger partial charge in [0.05, 0.1) is 23.3 Å². The zero-order valence-electron chi connectivity index (χ0n) is 12.9. The minimum atomic E-state index is -3.43. The molecule has 1 aliphatic carbocycles. The van der Waals surface area contributed by atoms with Gasteiger partial charge in [0.2, 0.25) is 0 Å². The van der Waals surface area contributed by atoms with E-state index in [9.17, 15) is 13.2 Å². The van der Waals surface area contributed by atoms with Gasteiger partial charge in [-0.15, -0.1) is 11.8 Å². The first kappa shape index (κ1) is 15.7. The SMILES string of the molecule is CS(=O)(=O)c1ccc(C(=O)c2cnoc2C2CC2)c2c1OCCS2. The van der Waals surface area contributed by atoms with Gasteiger partial charge in [0.1, 0.15) is 4.90 Å². The van der Waals surface area contributed by atoms with E-state index in [2.05, 4.69) is 5.16 Å². The highest BCUT2D eigenvalue weighted by Gasteiger charge is 2.34. The molecule has 0 radical (unpaired) electrons. The van der Waals surface area contributed by atoms with Crippen molar-refractivity contribution in [3.8, 4) is 5.75 Å². The highest BCUT2D eigenvalue weighted by atomic mass is 32.2. The molecule has 2 aliphatic rings. The van der Waals surface area contributed by atoms with Crippen LogP contribution in [0.15, 0.2) is 32.6 Å². The quantitative estimate of drug-likeness (QED) is 0.770. The van der Waals surface area contributed by atoms with Crippen LogP contribution in [0, 0.1) is 0 Å². The van der Waals surface area contributed by atoms with Crippen LogP contribution >= 0.6 is 11.8 Å². The predicted octanol–water partition coefficient (Wildman–Crippen LogP) is 2.67. The van der Waals surface area contributed by atoms with Crippen LogP contribution in [0.1, 0.15) is 40.4 Å². The highest BCUT2D eigenvalue weighted by Crippen LogP contribution is 2.44. The maximum atomic E-state index is 13.0. The number of carbonyl (C=O) groups is 1. The average Bonchev–Trinajstić information content (AvgIpc) is 3.29. The Kier molecular flexibility index (Phi) is 3.69. The number of sulfone groups is 1. The van der Waals surface area contributed by atoms with Gasteiger partial charge >= 0.3 is 0 Å². The number of hydrogen-bond donors (Lipinski definition) is 0. The molecule has 0 bridgehead atoms. The van der Waals surface area contributed by atoms with Crippen molar-refractivity contribution in [1.29, 1.82) is 0 Å². The van der Waals surface area contributed by atoms with Crippen LogP contribution in [0.25, 0.3) is 0 Å². The second kappa shape index (κ2) is 5.63. The van der Waals surface area contributed by atoms with Gasteiger partial charge in [0.25, 0.3) is 0 Å². The fraction of sp³-hybridized carbons (Fsp3) is 0.375. The molecule has 4 rings (SSSR count). The second-order valence-corrected chi connectivity index (χ2v) is 9.04. The summed E-state index contributed by atoms with van der Waals surface area (Å²) in [5.74, 6) is 1.64. The molecule has 1 saturated carbocycles. The summed E-state index contributed by atoms with van der Waals surface area (Å²) < 4.78 is 34.8. The van der Waals surface area contributed by atoms with Gasteiger partial charge in [-0.25, -0.2) is 8.42 Å². The van der Waals surface area contributed by atoms with Crippen LogP contribution in [-0.4, -0.2) is 38.0 Å². The van der Waals surface area contributed by atoms with E-state index >= 15 is 0 Å². The molecule has 2 aromatic rings. The Labute approximate surface area is 143 Å². The summed E-state index contributed by atoms with van der Waals surface area (Å²) >= 11 is 1.44. The number of hydrogen-bond acceptors (Lipinski definition) is 7. The van der Waals surface area contributed by atoms with Gasteiger partial charge in [-0.2, -0.15) is 0 Å². The van der Waals surface area contributed by atoms with Crippen LogP contribution in [0.4, 0.5) is 0 Å². The van der Waals surface area contributed by atoms with Crippen molar-refractivity contribution in [2.75, 3.05) is 18.6 Å². The highest BCUT2D eigenvalue weighted by molar-refractivity contribution is 7.99. The van der Waals surface area contributed by atoms with Crippen molar-refractivity contribution in [3.05, 3.63) is 35.2 Å². The smallest absolute Gasteiger partial charge is 0.199 e. The minimum absolute atomic E-state index is 0.119. The first-order valence-corrected chi connectivity index (χ1v) is 10.5. The molecule has 0 amide bonds. The Morgan fingerprint density at radius 1 is 1.29 bits per heavy atom. The Hall–Kier alpha value is -1.80. The fourth-order valence-electron chi connectivity index (χ4n) is 2.79. The standard InChI is InChI=1S/C16H15NO5S2/c1-24(19,20)12-5-4-10(16-15(12)21-6-7-23-16)13(18)11-8-17-22-14(11)9-2-3-9/h4-5,8-9H,2-3,6-7H2,1H3. The summed E-state index contributed by atoms with van der Waals surface area (Å²) in [6, 6.07) is 3.00. The summed E-state index contributed by atoms with van der Waals surface area (Å²) in [5, 5.41) is 3.77. The second-order valence-electron chi connectivity index (χ2n) is 5.95. The number of thioether (sulfide) groups is 1. The molecule has 8 heteroatoms. The molecule has 6 nitrogen and oxygen atoms in total. The number of rotatable bonds is 4. The molecule has 0 unspecified atom stereocenters. The van der Waals surface area contributed by atoms with Gasteiger partial charge < -0.3 is 9.26 Å². The lowest BCUT2D eigenvalue weighted by atomic mass is 10.0. The first-order chi connectivity index (χ1) is 11.5. The van der Waals surface area contributed by atoms with Crippen molar-refractivity contribution in [1.82, 2.24) is 5.16 Å². The Morgan fingerprint density at radius 3 is 2.79 bits per heavy atom. The van der Waals surface area contributed by atoms with Gasteiger partial charge in [-0.3, -0.25) is 4.79 Å². The molecule has 1 aliphatic heterocycles. The van der Waals surface area contributed by atoms with Crippen LogP contribution in [-0.2, 0) is 9.84 Å². The maximum Gasteiger partial charge on any atom is 0.199 e. The summed E-state index contributed by atoms with van der Waals surface area (Å²) in [6.07, 6.45) is 4.58. The normalized spacial score (nSPS) is 17.2. The van der Waals surface area contributed by atoms with Crippen molar-refractivity contribution in [2.45, 2.75) is 28.6 Å². The average molecular weight is 365 g/mol. The summed E-state index contributed by atoms with van der Waals surface area (Å²) in [7, 11) is -3.43. The first-order valence-electron chi connectivity index (χ1n) is 7.58. The van der Waals surface area contributed by atoms with E-state index < -0.39 is 9.84 Å². The van der Waals surface area contributed by atoms with Gasteiger partial charge in [0, 0.05) is 23.5 Å². The van der Waals surface area contributed by atoms with Crippen molar-refractivity contribution in [2.24, 2.45) is 0 Å². The molecule has 1 aromatic carbocycles. The Bertz CT molecular complexity index is 928. The summed E-state index contributed by atoms with van der Waals surface area (Å²) in [6.45, 7) is 0.415. The molecule has 0 atom stereocenters. The van der Waals surface area contributed by atoms with E-state index in [4.69, 9.17) is 9.26 Å². The number of ether oxygens (including phenoxy) is 1. The van der Waals surface area contributed by atoms with Crippen molar-refractivity contribution < 1.29 is 22.5 Å². The maximum absolute atomic E-state index is 13.0. The van der Waals surface area contributed by atoms with E-state index in [1.807, 2.05) is 0 Å². The van der Waals surface area contributed by atoms with Crippen molar-refractivity contribution in [3.63, 3.8) is 0 Å². The fourth-order valence-corrected chi connectivity index (χ4v) is 4.65. The number of fused-ring (bicyclic) bond motifs is 1. The van der Waals surface area contributed by atoms with Crippen molar-refractivity contribution >= 4 is 27.4 Å². The molecule has 0 N–H and O–H groups in total. The number of benzene rings is 1. The number of ketones is 1. The van der Waals surface area contributed by atoms with E-state index in [1.165, 1.54) is 24.0 Å². The molecule has 1 fully saturated rings. The largest absolute Gasteiger partial charge is 0.490 e. The summed E-state index contributed by atoms with van der Waals surface area (Å²) in [5.41, 5.74) is 0.894. The van der Waals surface area contributed by atoms with E-state index in [-0.39, 0.29) is 22.3 Å². The summed E-state index contributed by atoms with van der Waals surface area (Å²) in [4.78, 5) is 13.7. The zero-order valence-corrected chi connectivity index (χ0v) is 14.6. The molecule has 24 heavy (non-hydrogen) atoms. The third-order valence-corrected chi connectivity index (χ3v) is 6.27. The molecule has 1 aromatic heterocycles. The van der Waals surface area contributed by atoms with Gasteiger partial charge in [0.15, 0.2) is 27.1 Å². The molecular weight excluding hydrogens is 350 g/mol.